The van der Waals surface area contributed by atoms with Crippen LogP contribution in [-0.2, 0) is 4.74 Å². The van der Waals surface area contributed by atoms with Crippen LogP contribution in [0.1, 0.15) is 67.2 Å². The molecule has 5 nitrogen and oxygen atoms in total. The summed E-state index contributed by atoms with van der Waals surface area (Å²) in [5.41, 5.74) is 0. The molecule has 2 unspecified atom stereocenters. The Hall–Kier alpha value is -0.420. The van der Waals surface area contributed by atoms with Crippen molar-refractivity contribution in [3.63, 3.8) is 0 Å². The molecular weight excluding hydrogens is 561 g/mol. The highest BCUT2D eigenvalue weighted by Crippen LogP contribution is 2.28. The van der Waals surface area contributed by atoms with Crippen molar-refractivity contribution in [3.8, 4) is 0 Å². The van der Waals surface area contributed by atoms with E-state index >= 15 is 0 Å². The zero-order chi connectivity index (χ0) is 23.6. The van der Waals surface area contributed by atoms with Gasteiger partial charge < -0.3 is 26.1 Å². The van der Waals surface area contributed by atoms with Crippen LogP contribution >= 0.6 is 35.7 Å². The second-order valence-corrected chi connectivity index (χ2v) is 8.18. The minimum absolute atomic E-state index is 0. The zero-order valence-corrected chi connectivity index (χ0v) is 25.5. The Balaban J connectivity index is -0.000000124. The number of aliphatic hydroxyl groups is 1. The lowest BCUT2D eigenvalue weighted by molar-refractivity contribution is 0.0541. The van der Waals surface area contributed by atoms with E-state index in [-0.39, 0.29) is 34.9 Å². The Labute approximate surface area is 231 Å². The summed E-state index contributed by atoms with van der Waals surface area (Å²) in [5.74, 6) is 0.773. The molecule has 1 heterocycles. The van der Waals surface area contributed by atoms with Crippen molar-refractivity contribution in [2.75, 3.05) is 26.3 Å². The lowest BCUT2D eigenvalue weighted by Crippen LogP contribution is -2.15. The van der Waals surface area contributed by atoms with E-state index in [1.54, 1.807) is 0 Å². The van der Waals surface area contributed by atoms with Gasteiger partial charge in [0.15, 0.2) is 0 Å². The topological polar surface area (TPSA) is 104 Å². The van der Waals surface area contributed by atoms with Gasteiger partial charge in [-0.25, -0.2) is 0 Å². The first-order valence-corrected chi connectivity index (χ1v) is 13.1. The summed E-state index contributed by atoms with van der Waals surface area (Å²) < 4.78 is 5.38. The van der Waals surface area contributed by atoms with Crippen LogP contribution in [0.15, 0.2) is 60.0 Å². The van der Waals surface area contributed by atoms with E-state index in [1.807, 2.05) is 88.0 Å². The number of benzene rings is 1. The molecule has 1 saturated carbocycles. The number of hydrogen-bond acceptors (Lipinski definition) is 4. The van der Waals surface area contributed by atoms with E-state index in [4.69, 9.17) is 4.74 Å². The summed E-state index contributed by atoms with van der Waals surface area (Å²) in [5, 5.41) is 15.8. The first-order valence-electron chi connectivity index (χ1n) is 12.2. The molecule has 0 spiro atoms. The summed E-state index contributed by atoms with van der Waals surface area (Å²) in [6.07, 6.45) is 10.4. The maximum Gasteiger partial charge on any atom is 0.0954 e. The molecule has 1 fully saturated rings. The van der Waals surface area contributed by atoms with Crippen LogP contribution in [0.3, 0.4) is 0 Å². The molecule has 6 N–H and O–H groups in total. The van der Waals surface area contributed by atoms with Crippen molar-refractivity contribution in [1.29, 1.82) is 0 Å². The van der Waals surface area contributed by atoms with Crippen molar-refractivity contribution in [1.82, 2.24) is 5.32 Å². The van der Waals surface area contributed by atoms with Crippen LogP contribution in [0.2, 0.25) is 0 Å². The molecule has 204 valence electrons. The van der Waals surface area contributed by atoms with Crippen LogP contribution < -0.4 is 5.32 Å². The van der Waals surface area contributed by atoms with Crippen molar-refractivity contribution in [2.24, 2.45) is 5.92 Å². The van der Waals surface area contributed by atoms with Gasteiger partial charge in [0.05, 0.1) is 12.7 Å². The van der Waals surface area contributed by atoms with Gasteiger partial charge in [0.2, 0.25) is 0 Å². The average molecular weight is 616 g/mol. The van der Waals surface area contributed by atoms with Gasteiger partial charge in [-0.3, -0.25) is 0 Å². The molecule has 1 aliphatic carbocycles. The first kappa shape index (κ1) is 43.6. The molecule has 1 aromatic rings. The molecule has 0 radical (unpaired) electrons. The second-order valence-electron chi connectivity index (χ2n) is 6.83. The standard InChI is InChI=1S/C12H23NO2.C6H6.C5H8S.2C2H6.HI.2H2O/c1-2-13-8-4-3-5-12(14)10-15-9-11-6-7-11;1-2-4-6-5-3-1;1-5-3-2-4-6-5;2*1-2;;;/h3,5,11-14H,2,4,6-10H2,1H3;1-6H;2,4-5H,3H2,1H3;2*1-2H3;1H;2*1H2/b5-3-;;;;;;;. The number of ether oxygens (including phenoxy) is 1. The molecule has 0 aromatic heterocycles. The third-order valence-electron chi connectivity index (χ3n) is 3.98. The molecular formula is C27H54INO4S. The van der Waals surface area contributed by atoms with Crippen molar-refractivity contribution < 1.29 is 20.8 Å². The highest BCUT2D eigenvalue weighted by Gasteiger charge is 2.21. The Bertz CT molecular complexity index is 468. The quantitative estimate of drug-likeness (QED) is 0.200. The Kier molecular flexibility index (Phi) is 47.7. The summed E-state index contributed by atoms with van der Waals surface area (Å²) in [4.78, 5) is 0. The van der Waals surface area contributed by atoms with Crippen LogP contribution in [0, 0.1) is 5.92 Å². The van der Waals surface area contributed by atoms with Gasteiger partial charge in [-0.2, -0.15) is 0 Å². The number of hydrogen-bond donors (Lipinski definition) is 2. The minimum Gasteiger partial charge on any atom is -0.412 e. The van der Waals surface area contributed by atoms with Gasteiger partial charge in [0.25, 0.3) is 0 Å². The largest absolute Gasteiger partial charge is 0.412 e. The van der Waals surface area contributed by atoms with Gasteiger partial charge in [-0.15, -0.1) is 35.7 Å². The Morgan fingerprint density at radius 3 is 1.91 bits per heavy atom. The Morgan fingerprint density at radius 2 is 1.56 bits per heavy atom. The SMILES string of the molecule is CC.CC.CC1CC=CS1.CCNCC/C=C\C(O)COCC1CC1.I.O.O.c1ccccc1. The summed E-state index contributed by atoms with van der Waals surface area (Å²) in [6.45, 7) is 15.6. The summed E-state index contributed by atoms with van der Waals surface area (Å²) in [7, 11) is 0. The molecule has 2 atom stereocenters. The minimum atomic E-state index is -0.439. The number of halogens is 1. The lowest BCUT2D eigenvalue weighted by Gasteiger charge is -2.06. The Morgan fingerprint density at radius 1 is 1.03 bits per heavy atom. The van der Waals surface area contributed by atoms with Gasteiger partial charge in [0.1, 0.15) is 0 Å². The van der Waals surface area contributed by atoms with E-state index in [9.17, 15) is 5.11 Å². The second kappa shape index (κ2) is 37.1. The third kappa shape index (κ3) is 36.2. The van der Waals surface area contributed by atoms with E-state index in [2.05, 4.69) is 30.6 Å². The van der Waals surface area contributed by atoms with Crippen molar-refractivity contribution in [2.45, 2.75) is 78.6 Å². The lowest BCUT2D eigenvalue weighted by atomic mass is 10.3. The van der Waals surface area contributed by atoms with Crippen LogP contribution in [-0.4, -0.2) is 53.7 Å². The molecule has 7 heteroatoms. The molecule has 0 amide bonds. The fourth-order valence-electron chi connectivity index (χ4n) is 2.19. The van der Waals surface area contributed by atoms with E-state index in [0.717, 1.165) is 37.3 Å². The van der Waals surface area contributed by atoms with E-state index < -0.39 is 6.10 Å². The zero-order valence-electron chi connectivity index (χ0n) is 22.3. The van der Waals surface area contributed by atoms with E-state index in [1.165, 1.54) is 19.3 Å². The van der Waals surface area contributed by atoms with Crippen molar-refractivity contribution >= 4 is 35.7 Å². The van der Waals surface area contributed by atoms with Crippen LogP contribution in [0.25, 0.3) is 0 Å². The third-order valence-corrected chi connectivity index (χ3v) is 4.98. The molecule has 1 aliphatic heterocycles. The maximum absolute atomic E-state index is 9.51. The summed E-state index contributed by atoms with van der Waals surface area (Å²) >= 11 is 1.92. The molecule has 0 saturated heterocycles. The van der Waals surface area contributed by atoms with E-state index in [0.29, 0.717) is 6.61 Å². The first-order chi connectivity index (χ1) is 15.2. The number of rotatable bonds is 9. The maximum atomic E-state index is 9.51. The van der Waals surface area contributed by atoms with Crippen LogP contribution in [0.5, 0.6) is 0 Å². The molecule has 34 heavy (non-hydrogen) atoms. The monoisotopic (exact) mass is 615 g/mol. The molecule has 0 bridgehead atoms. The fourth-order valence-corrected chi connectivity index (χ4v) is 2.90. The normalized spacial score (nSPS) is 15.6. The fraction of sp³-hybridized carbons (Fsp3) is 0.630. The number of allylic oxidation sites excluding steroid dienone is 1. The number of thioether (sulfide) groups is 1. The molecule has 1 aromatic carbocycles. The van der Waals surface area contributed by atoms with Gasteiger partial charge in [-0.05, 0) is 50.1 Å². The van der Waals surface area contributed by atoms with Gasteiger partial charge in [0, 0.05) is 11.9 Å². The highest BCUT2D eigenvalue weighted by atomic mass is 127. The number of aliphatic hydroxyl groups excluding tert-OH is 1. The molecule has 2 aliphatic rings. The van der Waals surface area contributed by atoms with Crippen molar-refractivity contribution in [3.05, 3.63) is 60.0 Å². The van der Waals surface area contributed by atoms with Crippen LogP contribution in [0.4, 0.5) is 0 Å². The predicted molar refractivity (Wildman–Crippen MR) is 164 cm³/mol. The summed E-state index contributed by atoms with van der Waals surface area (Å²) in [6, 6.07) is 12.0. The van der Waals surface area contributed by atoms with Gasteiger partial charge >= 0.3 is 0 Å². The average Bonchev–Trinajstić information content (AvgIpc) is 3.54. The predicted octanol–water partition coefficient (Wildman–Crippen LogP) is 6.06. The highest BCUT2D eigenvalue weighted by molar-refractivity contribution is 14.0. The molecule has 3 rings (SSSR count). The smallest absolute Gasteiger partial charge is 0.0954 e. The van der Waals surface area contributed by atoms with Gasteiger partial charge in [-0.1, -0.05) is 96.2 Å². The number of nitrogens with one attached hydrogen (secondary N) is 1.